The van der Waals surface area contributed by atoms with Gasteiger partial charge in [-0.1, -0.05) is 38.3 Å². The van der Waals surface area contributed by atoms with Gasteiger partial charge in [0.25, 0.3) is 5.91 Å². The van der Waals surface area contributed by atoms with Gasteiger partial charge in [0.1, 0.15) is 5.76 Å². The molecule has 0 radical (unpaired) electrons. The molecule has 2 N–H and O–H groups in total. The Bertz CT molecular complexity index is 434. The number of hydrogen-bond acceptors (Lipinski definition) is 4. The highest BCUT2D eigenvalue weighted by molar-refractivity contribution is 5.92. The summed E-state index contributed by atoms with van der Waals surface area (Å²) in [5.74, 6) is 0.618. The lowest BCUT2D eigenvalue weighted by Gasteiger charge is -2.31. The van der Waals surface area contributed by atoms with Gasteiger partial charge in [0.15, 0.2) is 5.69 Å². The SMILES string of the molecule is CC(C)c1cc(C(=O)NCC2(O)CCCCC2)no1. The van der Waals surface area contributed by atoms with Crippen LogP contribution in [0.2, 0.25) is 0 Å². The maximum Gasteiger partial charge on any atom is 0.273 e. The predicted octanol–water partition coefficient (Wildman–Crippen LogP) is 2.22. The molecule has 1 heterocycles. The van der Waals surface area contributed by atoms with Crippen molar-refractivity contribution in [3.05, 3.63) is 17.5 Å². The van der Waals surface area contributed by atoms with Crippen LogP contribution in [0.5, 0.6) is 0 Å². The Morgan fingerprint density at radius 3 is 2.74 bits per heavy atom. The molecule has 0 bridgehead atoms. The number of hydrogen-bond donors (Lipinski definition) is 2. The molecule has 0 atom stereocenters. The third-order valence-corrected chi connectivity index (χ3v) is 3.69. The van der Waals surface area contributed by atoms with E-state index in [1.807, 2.05) is 13.8 Å². The third-order valence-electron chi connectivity index (χ3n) is 3.69. The Balaban J connectivity index is 1.89. The molecule has 0 spiro atoms. The first kappa shape index (κ1) is 14.1. The summed E-state index contributed by atoms with van der Waals surface area (Å²) in [5.41, 5.74) is -0.471. The number of carbonyl (C=O) groups excluding carboxylic acids is 1. The van der Waals surface area contributed by atoms with Crippen molar-refractivity contribution in [1.29, 1.82) is 0 Å². The maximum atomic E-state index is 11.9. The van der Waals surface area contributed by atoms with Crippen molar-refractivity contribution < 1.29 is 14.4 Å². The van der Waals surface area contributed by atoms with Crippen molar-refractivity contribution >= 4 is 5.91 Å². The fourth-order valence-electron chi connectivity index (χ4n) is 2.39. The van der Waals surface area contributed by atoms with Crippen LogP contribution in [0.3, 0.4) is 0 Å². The molecule has 5 nitrogen and oxygen atoms in total. The van der Waals surface area contributed by atoms with Gasteiger partial charge in [-0.3, -0.25) is 4.79 Å². The van der Waals surface area contributed by atoms with E-state index >= 15 is 0 Å². The average Bonchev–Trinajstić information content (AvgIpc) is 2.87. The number of carbonyl (C=O) groups is 1. The number of nitrogens with one attached hydrogen (secondary N) is 1. The second-order valence-electron chi connectivity index (χ2n) is 5.74. The topological polar surface area (TPSA) is 75.4 Å². The van der Waals surface area contributed by atoms with Crippen LogP contribution in [0.4, 0.5) is 0 Å². The molecule has 1 saturated carbocycles. The smallest absolute Gasteiger partial charge is 0.273 e. The van der Waals surface area contributed by atoms with Crippen molar-refractivity contribution in [3.63, 3.8) is 0 Å². The number of amides is 1. The van der Waals surface area contributed by atoms with E-state index in [-0.39, 0.29) is 24.1 Å². The molecule has 1 amide bonds. The summed E-state index contributed by atoms with van der Waals surface area (Å²) in [6.07, 6.45) is 4.71. The second kappa shape index (κ2) is 5.74. The highest BCUT2D eigenvalue weighted by Crippen LogP contribution is 2.27. The Kier molecular flexibility index (Phi) is 4.24. The van der Waals surface area contributed by atoms with Gasteiger partial charge >= 0.3 is 0 Å². The van der Waals surface area contributed by atoms with Crippen molar-refractivity contribution in [2.24, 2.45) is 0 Å². The van der Waals surface area contributed by atoms with Gasteiger partial charge in [0.2, 0.25) is 0 Å². The summed E-state index contributed by atoms with van der Waals surface area (Å²) < 4.78 is 5.09. The normalized spacial score (nSPS) is 18.5. The van der Waals surface area contributed by atoms with Gasteiger partial charge in [0.05, 0.1) is 5.60 Å². The van der Waals surface area contributed by atoms with E-state index in [9.17, 15) is 9.90 Å². The number of aliphatic hydroxyl groups is 1. The van der Waals surface area contributed by atoms with Crippen LogP contribution in [0.25, 0.3) is 0 Å². The number of aromatic nitrogens is 1. The fraction of sp³-hybridized carbons (Fsp3) is 0.714. The van der Waals surface area contributed by atoms with Crippen LogP contribution < -0.4 is 5.32 Å². The molecule has 0 saturated heterocycles. The lowest BCUT2D eigenvalue weighted by molar-refractivity contribution is 0.00518. The van der Waals surface area contributed by atoms with Gasteiger partial charge in [-0.05, 0) is 12.8 Å². The van der Waals surface area contributed by atoms with Crippen molar-refractivity contribution in [1.82, 2.24) is 10.5 Å². The molecule has 19 heavy (non-hydrogen) atoms. The molecule has 0 aromatic carbocycles. The van der Waals surface area contributed by atoms with Gasteiger partial charge < -0.3 is 14.9 Å². The number of rotatable bonds is 4. The van der Waals surface area contributed by atoms with E-state index in [4.69, 9.17) is 4.52 Å². The standard InChI is InChI=1S/C14H22N2O3/c1-10(2)12-8-11(16-19-12)13(17)15-9-14(18)6-4-3-5-7-14/h8,10,18H,3-7,9H2,1-2H3,(H,15,17). The molecule has 1 aliphatic rings. The zero-order valence-corrected chi connectivity index (χ0v) is 11.6. The quantitative estimate of drug-likeness (QED) is 0.876. The zero-order valence-electron chi connectivity index (χ0n) is 11.6. The molecule has 2 rings (SSSR count). The maximum absolute atomic E-state index is 11.9. The molecule has 1 aromatic heterocycles. The van der Waals surface area contributed by atoms with E-state index in [0.717, 1.165) is 32.1 Å². The Hall–Kier alpha value is -1.36. The van der Waals surface area contributed by atoms with E-state index in [1.165, 1.54) is 0 Å². The molecule has 5 heteroatoms. The van der Waals surface area contributed by atoms with E-state index in [1.54, 1.807) is 6.07 Å². The van der Waals surface area contributed by atoms with Crippen LogP contribution in [0.1, 0.15) is 68.1 Å². The molecule has 1 aliphatic carbocycles. The third kappa shape index (κ3) is 3.56. The monoisotopic (exact) mass is 266 g/mol. The fourth-order valence-corrected chi connectivity index (χ4v) is 2.39. The highest BCUT2D eigenvalue weighted by atomic mass is 16.5. The van der Waals surface area contributed by atoms with Crippen molar-refractivity contribution in [2.45, 2.75) is 57.5 Å². The Morgan fingerprint density at radius 2 is 2.16 bits per heavy atom. The first-order valence-corrected chi connectivity index (χ1v) is 6.97. The van der Waals surface area contributed by atoms with Crippen LogP contribution in [-0.4, -0.2) is 28.3 Å². The zero-order chi connectivity index (χ0) is 13.9. The van der Waals surface area contributed by atoms with E-state index in [0.29, 0.717) is 5.76 Å². The van der Waals surface area contributed by atoms with Gasteiger partial charge in [0, 0.05) is 18.5 Å². The van der Waals surface area contributed by atoms with E-state index < -0.39 is 5.60 Å². The van der Waals surface area contributed by atoms with Crippen LogP contribution in [0.15, 0.2) is 10.6 Å². The summed E-state index contributed by atoms with van der Waals surface area (Å²) in [5, 5.41) is 16.8. The number of nitrogens with zero attached hydrogens (tertiary/aromatic N) is 1. The highest BCUT2D eigenvalue weighted by Gasteiger charge is 2.29. The largest absolute Gasteiger partial charge is 0.388 e. The predicted molar refractivity (Wildman–Crippen MR) is 71.0 cm³/mol. The minimum Gasteiger partial charge on any atom is -0.388 e. The Morgan fingerprint density at radius 1 is 1.47 bits per heavy atom. The van der Waals surface area contributed by atoms with Crippen molar-refractivity contribution in [2.75, 3.05) is 6.54 Å². The molecule has 1 fully saturated rings. The molecule has 1 aromatic rings. The molecule has 106 valence electrons. The molecule has 0 aliphatic heterocycles. The minimum absolute atomic E-state index is 0.205. The molecular weight excluding hydrogens is 244 g/mol. The van der Waals surface area contributed by atoms with Crippen molar-refractivity contribution in [3.8, 4) is 0 Å². The first-order valence-electron chi connectivity index (χ1n) is 6.97. The van der Waals surface area contributed by atoms with E-state index in [2.05, 4.69) is 10.5 Å². The van der Waals surface area contributed by atoms with Gasteiger partial charge in [-0.2, -0.15) is 0 Å². The molecular formula is C14H22N2O3. The average molecular weight is 266 g/mol. The molecule has 0 unspecified atom stereocenters. The van der Waals surface area contributed by atoms with Crippen LogP contribution in [-0.2, 0) is 0 Å². The summed E-state index contributed by atoms with van der Waals surface area (Å²) >= 11 is 0. The second-order valence-corrected chi connectivity index (χ2v) is 5.74. The van der Waals surface area contributed by atoms with Gasteiger partial charge in [-0.15, -0.1) is 0 Å². The summed E-state index contributed by atoms with van der Waals surface area (Å²) in [6, 6.07) is 1.66. The summed E-state index contributed by atoms with van der Waals surface area (Å²) in [6.45, 7) is 4.25. The minimum atomic E-state index is -0.751. The Labute approximate surface area is 113 Å². The van der Waals surface area contributed by atoms with Gasteiger partial charge in [-0.25, -0.2) is 0 Å². The summed E-state index contributed by atoms with van der Waals surface area (Å²) in [4.78, 5) is 11.9. The van der Waals surface area contributed by atoms with Crippen LogP contribution >= 0.6 is 0 Å². The van der Waals surface area contributed by atoms with Crippen LogP contribution in [0, 0.1) is 0 Å². The lowest BCUT2D eigenvalue weighted by atomic mass is 9.85. The summed E-state index contributed by atoms with van der Waals surface area (Å²) in [7, 11) is 0. The first-order chi connectivity index (χ1) is 9.00. The lowest BCUT2D eigenvalue weighted by Crippen LogP contribution is -2.44.